The molecule has 4 nitrogen and oxygen atoms in total. The van der Waals surface area contributed by atoms with Crippen LogP contribution in [0.25, 0.3) is 0 Å². The van der Waals surface area contributed by atoms with Crippen LogP contribution in [0, 0.1) is 0 Å². The lowest BCUT2D eigenvalue weighted by atomic mass is 9.74. The third kappa shape index (κ3) is 4.01. The lowest BCUT2D eigenvalue weighted by Gasteiger charge is -2.46. The molecular formula is C25H33N3O. The Morgan fingerprint density at radius 2 is 1.69 bits per heavy atom. The molecule has 0 amide bonds. The second kappa shape index (κ2) is 8.37. The van der Waals surface area contributed by atoms with Crippen LogP contribution in [0.4, 0.5) is 5.69 Å². The minimum atomic E-state index is 0.429. The molecule has 2 saturated heterocycles. The van der Waals surface area contributed by atoms with Gasteiger partial charge in [0, 0.05) is 51.0 Å². The molecule has 5 rings (SSSR count). The largest absolute Gasteiger partial charge is 0.508 e. The zero-order valence-corrected chi connectivity index (χ0v) is 17.3. The summed E-state index contributed by atoms with van der Waals surface area (Å²) in [5.41, 5.74) is 4.24. The minimum Gasteiger partial charge on any atom is -0.508 e. The van der Waals surface area contributed by atoms with Gasteiger partial charge in [0.25, 0.3) is 0 Å². The number of rotatable bonds is 4. The molecule has 0 aromatic heterocycles. The van der Waals surface area contributed by atoms with Gasteiger partial charge in [-0.1, -0.05) is 24.3 Å². The zero-order chi connectivity index (χ0) is 19.6. The molecule has 0 bridgehead atoms. The quantitative estimate of drug-likeness (QED) is 0.861. The normalized spacial score (nSPS) is 25.4. The Bertz CT molecular complexity index is 816. The first-order valence-electron chi connectivity index (χ1n) is 11.4. The summed E-state index contributed by atoms with van der Waals surface area (Å²) in [4.78, 5) is 7.91. The van der Waals surface area contributed by atoms with Gasteiger partial charge in [-0.25, -0.2) is 0 Å². The number of piperidine rings is 1. The van der Waals surface area contributed by atoms with Gasteiger partial charge in [-0.05, 0) is 73.5 Å². The highest BCUT2D eigenvalue weighted by Gasteiger charge is 2.36. The Morgan fingerprint density at radius 3 is 2.52 bits per heavy atom. The van der Waals surface area contributed by atoms with E-state index in [4.69, 9.17) is 0 Å². The predicted molar refractivity (Wildman–Crippen MR) is 119 cm³/mol. The van der Waals surface area contributed by atoms with Crippen molar-refractivity contribution in [3.63, 3.8) is 0 Å². The Balaban J connectivity index is 1.17. The van der Waals surface area contributed by atoms with Crippen molar-refractivity contribution in [3.8, 4) is 5.75 Å². The number of para-hydroxylation sites is 1. The number of aryl methyl sites for hydroxylation is 1. The maximum atomic E-state index is 10.00. The molecule has 0 unspecified atom stereocenters. The van der Waals surface area contributed by atoms with E-state index in [0.29, 0.717) is 17.7 Å². The van der Waals surface area contributed by atoms with Crippen molar-refractivity contribution >= 4 is 5.69 Å². The molecule has 2 atom stereocenters. The van der Waals surface area contributed by atoms with Gasteiger partial charge in [0.1, 0.15) is 5.75 Å². The van der Waals surface area contributed by atoms with E-state index < -0.39 is 0 Å². The van der Waals surface area contributed by atoms with Crippen molar-refractivity contribution in [2.45, 2.75) is 37.6 Å². The standard InChI is InChI=1S/C25H33N3O/c29-22-10-8-20-9-11-25-23(24(20)19-22)7-4-12-28(25)18-15-26-13-16-27(17-14-26)21-5-2-1-3-6-21/h1-3,5-6,8,10,19,23,25,29H,4,7,9,11-18H2/t23-,25-/m0/s1. The van der Waals surface area contributed by atoms with Gasteiger partial charge in [-0.2, -0.15) is 0 Å². The first-order valence-corrected chi connectivity index (χ1v) is 11.4. The van der Waals surface area contributed by atoms with E-state index in [1.54, 1.807) is 0 Å². The maximum absolute atomic E-state index is 10.00. The summed E-state index contributed by atoms with van der Waals surface area (Å²) in [6, 6.07) is 17.5. The van der Waals surface area contributed by atoms with E-state index in [0.717, 1.165) is 32.6 Å². The van der Waals surface area contributed by atoms with Crippen molar-refractivity contribution in [1.29, 1.82) is 0 Å². The number of phenolic OH excluding ortho intramolecular Hbond substituents is 1. The van der Waals surface area contributed by atoms with Crippen LogP contribution in [0.2, 0.25) is 0 Å². The number of likely N-dealkylation sites (tertiary alicyclic amines) is 1. The molecule has 2 heterocycles. The monoisotopic (exact) mass is 391 g/mol. The fourth-order valence-corrected chi connectivity index (χ4v) is 5.75. The van der Waals surface area contributed by atoms with Crippen LogP contribution in [0.5, 0.6) is 5.75 Å². The van der Waals surface area contributed by atoms with Gasteiger partial charge in [0.2, 0.25) is 0 Å². The third-order valence-corrected chi connectivity index (χ3v) is 7.33. The number of hydrogen-bond donors (Lipinski definition) is 1. The number of fused-ring (bicyclic) bond motifs is 3. The summed E-state index contributed by atoms with van der Waals surface area (Å²) in [7, 11) is 0. The van der Waals surface area contributed by atoms with Crippen molar-refractivity contribution in [1.82, 2.24) is 9.80 Å². The van der Waals surface area contributed by atoms with Crippen LogP contribution in [-0.4, -0.2) is 66.8 Å². The van der Waals surface area contributed by atoms with Crippen LogP contribution in [0.15, 0.2) is 48.5 Å². The average Bonchev–Trinajstić information content (AvgIpc) is 2.78. The lowest BCUT2D eigenvalue weighted by molar-refractivity contribution is 0.0953. The highest BCUT2D eigenvalue weighted by atomic mass is 16.3. The van der Waals surface area contributed by atoms with Gasteiger partial charge in [-0.3, -0.25) is 9.80 Å². The molecule has 3 aliphatic rings. The SMILES string of the molecule is Oc1ccc2c(c1)[C@@H]1CCCN(CCN3CCN(c4ccccc4)CC3)[C@H]1CC2. The second-order valence-corrected chi connectivity index (χ2v) is 8.94. The number of nitrogens with zero attached hydrogens (tertiary/aromatic N) is 3. The Morgan fingerprint density at radius 1 is 0.862 bits per heavy atom. The number of piperazine rings is 1. The molecule has 29 heavy (non-hydrogen) atoms. The molecule has 0 saturated carbocycles. The summed E-state index contributed by atoms with van der Waals surface area (Å²) in [5, 5.41) is 10.00. The molecule has 2 aliphatic heterocycles. The number of phenols is 1. The van der Waals surface area contributed by atoms with E-state index in [2.05, 4.69) is 51.1 Å². The maximum Gasteiger partial charge on any atom is 0.115 e. The van der Waals surface area contributed by atoms with Gasteiger partial charge in [0.05, 0.1) is 0 Å². The summed E-state index contributed by atoms with van der Waals surface area (Å²) < 4.78 is 0. The van der Waals surface area contributed by atoms with E-state index in [1.807, 2.05) is 12.1 Å². The van der Waals surface area contributed by atoms with Crippen LogP contribution in [-0.2, 0) is 6.42 Å². The molecule has 2 aromatic carbocycles. The fourth-order valence-electron chi connectivity index (χ4n) is 5.75. The Labute approximate surface area is 174 Å². The second-order valence-electron chi connectivity index (χ2n) is 8.94. The Hall–Kier alpha value is -2.04. The van der Waals surface area contributed by atoms with Crippen LogP contribution >= 0.6 is 0 Å². The molecule has 0 spiro atoms. The summed E-state index contributed by atoms with van der Waals surface area (Å²) in [6.45, 7) is 8.17. The molecule has 1 aliphatic carbocycles. The lowest BCUT2D eigenvalue weighted by Crippen LogP contribution is -2.52. The van der Waals surface area contributed by atoms with Gasteiger partial charge in [-0.15, -0.1) is 0 Å². The Kier molecular flexibility index (Phi) is 5.47. The smallest absolute Gasteiger partial charge is 0.115 e. The van der Waals surface area contributed by atoms with Crippen LogP contribution in [0.3, 0.4) is 0 Å². The molecule has 154 valence electrons. The first-order chi connectivity index (χ1) is 14.3. The zero-order valence-electron chi connectivity index (χ0n) is 17.3. The molecule has 1 N–H and O–H groups in total. The van der Waals surface area contributed by atoms with Crippen LogP contribution in [0.1, 0.15) is 36.3 Å². The predicted octanol–water partition coefficient (Wildman–Crippen LogP) is 3.71. The highest BCUT2D eigenvalue weighted by molar-refractivity contribution is 5.46. The van der Waals surface area contributed by atoms with Crippen molar-refractivity contribution < 1.29 is 5.11 Å². The van der Waals surface area contributed by atoms with Gasteiger partial charge >= 0.3 is 0 Å². The van der Waals surface area contributed by atoms with Crippen molar-refractivity contribution in [2.24, 2.45) is 0 Å². The van der Waals surface area contributed by atoms with Crippen molar-refractivity contribution in [2.75, 3.05) is 50.7 Å². The van der Waals surface area contributed by atoms with E-state index >= 15 is 0 Å². The fraction of sp³-hybridized carbons (Fsp3) is 0.520. The third-order valence-electron chi connectivity index (χ3n) is 7.33. The van der Waals surface area contributed by atoms with E-state index in [1.165, 1.54) is 55.7 Å². The van der Waals surface area contributed by atoms with E-state index in [-0.39, 0.29) is 0 Å². The summed E-state index contributed by atoms with van der Waals surface area (Å²) in [5.74, 6) is 1.03. The van der Waals surface area contributed by atoms with Crippen LogP contribution < -0.4 is 4.90 Å². The van der Waals surface area contributed by atoms with Crippen molar-refractivity contribution in [3.05, 3.63) is 59.7 Å². The van der Waals surface area contributed by atoms with Gasteiger partial charge < -0.3 is 10.0 Å². The average molecular weight is 392 g/mol. The molecule has 2 fully saturated rings. The van der Waals surface area contributed by atoms with Gasteiger partial charge in [0.15, 0.2) is 0 Å². The number of anilines is 1. The molecule has 0 radical (unpaired) electrons. The molecular weight excluding hydrogens is 358 g/mol. The topological polar surface area (TPSA) is 30.0 Å². The number of hydrogen-bond acceptors (Lipinski definition) is 4. The molecule has 4 heteroatoms. The first kappa shape index (κ1) is 19.0. The number of benzene rings is 2. The number of aromatic hydroxyl groups is 1. The summed E-state index contributed by atoms with van der Waals surface area (Å²) >= 11 is 0. The molecule has 2 aromatic rings. The summed E-state index contributed by atoms with van der Waals surface area (Å²) in [6.07, 6.45) is 4.97. The van der Waals surface area contributed by atoms with E-state index in [9.17, 15) is 5.11 Å². The highest BCUT2D eigenvalue weighted by Crippen LogP contribution is 2.41. The minimum absolute atomic E-state index is 0.429.